The molecule has 0 saturated heterocycles. The van der Waals surface area contributed by atoms with Crippen LogP contribution in [0, 0.1) is 10.8 Å². The Morgan fingerprint density at radius 2 is 0.961 bits per heavy atom. The molecule has 280 valence electrons. The van der Waals surface area contributed by atoms with Crippen molar-refractivity contribution in [2.24, 2.45) is 10.8 Å². The summed E-state index contributed by atoms with van der Waals surface area (Å²) < 4.78 is 18.9. The molecule has 0 spiro atoms. The summed E-state index contributed by atoms with van der Waals surface area (Å²) in [5.74, 6) is 2.19. The summed E-state index contributed by atoms with van der Waals surface area (Å²) in [6, 6.07) is 13.7. The van der Waals surface area contributed by atoms with Crippen LogP contribution in [0.4, 0.5) is 0 Å². The number of allylic oxidation sites excluding steroid dienone is 8. The zero-order valence-corrected chi connectivity index (χ0v) is 36.8. The number of hydrogen-bond donors (Lipinski definition) is 0. The molecular formula is C46H70O3Si2. The fraction of sp³-hybridized carbons (Fsp3) is 0.565. The Hall–Kier alpha value is -2.61. The zero-order valence-electron chi connectivity index (χ0n) is 34.8. The molecule has 51 heavy (non-hydrogen) atoms. The van der Waals surface area contributed by atoms with E-state index in [1.807, 2.05) is 14.2 Å². The molecule has 0 radical (unpaired) electrons. The highest BCUT2D eigenvalue weighted by Crippen LogP contribution is 2.46. The molecule has 0 aliphatic heterocycles. The minimum absolute atomic E-state index is 0.106. The summed E-state index contributed by atoms with van der Waals surface area (Å²) in [5.41, 5.74) is 5.53. The second-order valence-corrected chi connectivity index (χ2v) is 29.4. The van der Waals surface area contributed by atoms with E-state index in [1.165, 1.54) is 32.6 Å². The molecule has 0 saturated carbocycles. The average Bonchev–Trinajstić information content (AvgIpc) is 3.05. The number of benzene rings is 2. The maximum Gasteiger partial charge on any atom is 0.122 e. The first kappa shape index (κ1) is 41.2. The summed E-state index contributed by atoms with van der Waals surface area (Å²) in [4.78, 5) is 0. The van der Waals surface area contributed by atoms with E-state index in [4.69, 9.17) is 14.2 Å². The molecule has 0 heterocycles. The summed E-state index contributed by atoms with van der Waals surface area (Å²) >= 11 is 0. The molecule has 3 nitrogen and oxygen atoms in total. The highest BCUT2D eigenvalue weighted by Gasteiger charge is 2.38. The first-order valence-corrected chi connectivity index (χ1v) is 26.4. The molecule has 0 amide bonds. The molecule has 5 heteroatoms. The largest absolute Gasteiger partial charge is 0.497 e. The second kappa shape index (κ2) is 15.8. The fourth-order valence-corrected chi connectivity index (χ4v) is 11.1. The van der Waals surface area contributed by atoms with Gasteiger partial charge in [0.15, 0.2) is 0 Å². The van der Waals surface area contributed by atoms with Crippen LogP contribution in [0.2, 0.25) is 39.3 Å². The highest BCUT2D eigenvalue weighted by atomic mass is 28.3. The van der Waals surface area contributed by atoms with Gasteiger partial charge in [0.2, 0.25) is 0 Å². The Bertz CT molecular complexity index is 1510. The molecule has 2 aromatic rings. The lowest BCUT2D eigenvalue weighted by Crippen LogP contribution is -2.40. The standard InChI is InChI=1S/C46H70O3Si2/c1-43(2,3)35-23-29-45(30-24-35,37-19-15-21-39(41(37)47-7)50(9,10)11)27-17-33-49-34-18-28-46(31-25-36(26-32-46)44(4,5)6)38-20-16-22-40(42(38)48-8)51(12,13)14/h15-16,19-26,29,31H,17-18,27-28,30,32-34H2,1-14H3. The Balaban J connectivity index is 1.50. The molecule has 0 fully saturated rings. The van der Waals surface area contributed by atoms with Crippen molar-refractivity contribution in [2.45, 2.75) is 130 Å². The monoisotopic (exact) mass is 726 g/mol. The van der Waals surface area contributed by atoms with Crippen LogP contribution in [0.1, 0.15) is 91.2 Å². The van der Waals surface area contributed by atoms with E-state index in [9.17, 15) is 0 Å². The molecule has 2 unspecified atom stereocenters. The van der Waals surface area contributed by atoms with Crippen LogP contribution in [0.5, 0.6) is 11.5 Å². The van der Waals surface area contributed by atoms with Gasteiger partial charge in [0.25, 0.3) is 0 Å². The van der Waals surface area contributed by atoms with Gasteiger partial charge in [-0.3, -0.25) is 0 Å². The van der Waals surface area contributed by atoms with E-state index in [2.05, 4.69) is 154 Å². The van der Waals surface area contributed by atoms with Crippen LogP contribution in [-0.2, 0) is 15.6 Å². The first-order valence-electron chi connectivity index (χ1n) is 19.4. The van der Waals surface area contributed by atoms with Crippen molar-refractivity contribution in [3.63, 3.8) is 0 Å². The van der Waals surface area contributed by atoms with Crippen molar-refractivity contribution in [1.29, 1.82) is 0 Å². The van der Waals surface area contributed by atoms with Crippen molar-refractivity contribution in [3.8, 4) is 11.5 Å². The first-order chi connectivity index (χ1) is 23.7. The van der Waals surface area contributed by atoms with Crippen molar-refractivity contribution in [1.82, 2.24) is 0 Å². The Kier molecular flexibility index (Phi) is 12.7. The van der Waals surface area contributed by atoms with E-state index in [0.717, 1.165) is 63.2 Å². The van der Waals surface area contributed by atoms with Gasteiger partial charge in [-0.2, -0.15) is 0 Å². The summed E-state index contributed by atoms with van der Waals surface area (Å²) in [6.07, 6.45) is 20.7. The lowest BCUT2D eigenvalue weighted by molar-refractivity contribution is 0.119. The average molecular weight is 727 g/mol. The van der Waals surface area contributed by atoms with Gasteiger partial charge in [0.05, 0.1) is 30.4 Å². The minimum Gasteiger partial charge on any atom is -0.497 e. The van der Waals surface area contributed by atoms with Crippen LogP contribution in [-0.4, -0.2) is 43.6 Å². The third-order valence-corrected chi connectivity index (χ3v) is 15.2. The highest BCUT2D eigenvalue weighted by molar-refractivity contribution is 6.89. The number of rotatable bonds is 14. The number of ether oxygens (including phenoxy) is 3. The molecule has 2 aliphatic carbocycles. The molecule has 2 aromatic carbocycles. The molecule has 2 atom stereocenters. The normalized spacial score (nSPS) is 21.4. The van der Waals surface area contributed by atoms with Crippen LogP contribution in [0.25, 0.3) is 0 Å². The van der Waals surface area contributed by atoms with Crippen LogP contribution >= 0.6 is 0 Å². The molecule has 0 N–H and O–H groups in total. The van der Waals surface area contributed by atoms with Gasteiger partial charge in [0, 0.05) is 35.2 Å². The van der Waals surface area contributed by atoms with Gasteiger partial charge in [0.1, 0.15) is 11.5 Å². The van der Waals surface area contributed by atoms with Crippen LogP contribution < -0.4 is 19.8 Å². The predicted molar refractivity (Wildman–Crippen MR) is 227 cm³/mol. The third kappa shape index (κ3) is 9.50. The van der Waals surface area contributed by atoms with Crippen LogP contribution in [0.15, 0.2) is 84.0 Å². The van der Waals surface area contributed by atoms with E-state index in [-0.39, 0.29) is 21.7 Å². The lowest BCUT2D eigenvalue weighted by atomic mass is 9.68. The molecule has 0 bridgehead atoms. The summed E-state index contributed by atoms with van der Waals surface area (Å²) in [5, 5.41) is 2.80. The van der Waals surface area contributed by atoms with Crippen molar-refractivity contribution >= 4 is 26.5 Å². The molecular weight excluding hydrogens is 657 g/mol. The smallest absolute Gasteiger partial charge is 0.122 e. The molecule has 4 rings (SSSR count). The molecule has 0 aromatic heterocycles. The van der Waals surface area contributed by atoms with Crippen molar-refractivity contribution < 1.29 is 14.2 Å². The summed E-state index contributed by atoms with van der Waals surface area (Å²) in [6.45, 7) is 29.8. The second-order valence-electron chi connectivity index (χ2n) is 19.3. The van der Waals surface area contributed by atoms with Gasteiger partial charge < -0.3 is 14.2 Å². The number of hydrogen-bond acceptors (Lipinski definition) is 3. The maximum atomic E-state index is 6.47. The van der Waals surface area contributed by atoms with Gasteiger partial charge >= 0.3 is 0 Å². The lowest BCUT2D eigenvalue weighted by Gasteiger charge is -2.38. The Labute approximate surface area is 314 Å². The minimum atomic E-state index is -1.60. The topological polar surface area (TPSA) is 27.7 Å². The Morgan fingerprint density at radius 3 is 1.24 bits per heavy atom. The quantitative estimate of drug-likeness (QED) is 0.143. The van der Waals surface area contributed by atoms with Crippen LogP contribution in [0.3, 0.4) is 0 Å². The Morgan fingerprint density at radius 1 is 0.588 bits per heavy atom. The van der Waals surface area contributed by atoms with E-state index >= 15 is 0 Å². The SMILES string of the molecule is COc1c(C2(CCCOCCCC3(c4cccc([Si](C)(C)C)c4OC)C=CC(C(C)(C)C)=CC3)C=CC(C(C)(C)C)=CC2)cccc1[Si](C)(C)C. The van der Waals surface area contributed by atoms with E-state index in [0.29, 0.717) is 0 Å². The van der Waals surface area contributed by atoms with Gasteiger partial charge in [-0.15, -0.1) is 0 Å². The van der Waals surface area contributed by atoms with Crippen molar-refractivity contribution in [2.75, 3.05) is 27.4 Å². The number of para-hydroxylation sites is 2. The summed E-state index contributed by atoms with van der Waals surface area (Å²) in [7, 11) is 0.500. The van der Waals surface area contributed by atoms with Gasteiger partial charge in [-0.1, -0.05) is 154 Å². The molecule has 2 aliphatic rings. The third-order valence-electron chi connectivity index (χ3n) is 11.2. The number of methoxy groups -OCH3 is 2. The van der Waals surface area contributed by atoms with Crippen molar-refractivity contribution in [3.05, 3.63) is 95.1 Å². The van der Waals surface area contributed by atoms with E-state index in [1.54, 1.807) is 0 Å². The van der Waals surface area contributed by atoms with Gasteiger partial charge in [-0.05, 0) is 70.9 Å². The maximum absolute atomic E-state index is 6.47. The van der Waals surface area contributed by atoms with E-state index < -0.39 is 16.1 Å². The van der Waals surface area contributed by atoms with Gasteiger partial charge in [-0.25, -0.2) is 0 Å². The fourth-order valence-electron chi connectivity index (χ4n) is 8.07. The zero-order chi connectivity index (χ0) is 37.9. The predicted octanol–water partition coefficient (Wildman–Crippen LogP) is 11.4.